The van der Waals surface area contributed by atoms with E-state index in [9.17, 15) is 14.7 Å². The van der Waals surface area contributed by atoms with Crippen molar-refractivity contribution in [3.05, 3.63) is 155 Å². The number of para-hydroxylation sites is 1. The van der Waals surface area contributed by atoms with Crippen LogP contribution < -0.4 is 15.5 Å². The Morgan fingerprint density at radius 2 is 1.64 bits per heavy atom. The Morgan fingerprint density at radius 3 is 2.36 bits per heavy atom. The number of piperidine rings is 1. The number of rotatable bonds is 10. The number of nitrogens with one attached hydrogen (secondary N) is 2. The topological polar surface area (TPSA) is 116 Å². The molecule has 4 heterocycles. The molecule has 10 nitrogen and oxygen atoms in total. The van der Waals surface area contributed by atoms with Crippen LogP contribution >= 0.6 is 0 Å². The molecular weight excluding hydrogens is 691 g/mol. The monoisotopic (exact) mass is 737 g/mol. The van der Waals surface area contributed by atoms with Crippen molar-refractivity contribution in [2.75, 3.05) is 31.2 Å². The van der Waals surface area contributed by atoms with Gasteiger partial charge in [0.05, 0.1) is 31.0 Å². The molecule has 3 N–H and O–H groups in total. The Hall–Kier alpha value is -5.39. The summed E-state index contributed by atoms with van der Waals surface area (Å²) in [5.74, 6) is -0.00463. The second-order valence-corrected chi connectivity index (χ2v) is 14.8. The van der Waals surface area contributed by atoms with Crippen LogP contribution in [0, 0.1) is 5.92 Å². The highest BCUT2D eigenvalue weighted by Crippen LogP contribution is 2.43. The van der Waals surface area contributed by atoms with E-state index < -0.39 is 11.8 Å². The summed E-state index contributed by atoms with van der Waals surface area (Å²) in [4.78, 5) is 34.6. The fourth-order valence-corrected chi connectivity index (χ4v) is 8.20. The van der Waals surface area contributed by atoms with Gasteiger partial charge in [-0.1, -0.05) is 91.9 Å². The maximum absolute atomic E-state index is 13.3. The Labute approximate surface area is 322 Å². The minimum atomic E-state index is -0.586. The zero-order valence-corrected chi connectivity index (χ0v) is 31.0. The van der Waals surface area contributed by atoms with Crippen LogP contribution in [0.5, 0.6) is 0 Å². The molecule has 1 aromatic heterocycles. The van der Waals surface area contributed by atoms with Gasteiger partial charge in [-0.2, -0.15) is 0 Å². The Bertz CT molecular complexity index is 2070. The fraction of sp³-hybridized carbons (Fsp3) is 0.311. The molecule has 1 spiro atoms. The van der Waals surface area contributed by atoms with Gasteiger partial charge >= 0.3 is 0 Å². The molecule has 0 aliphatic carbocycles. The Morgan fingerprint density at radius 1 is 0.873 bits per heavy atom. The van der Waals surface area contributed by atoms with E-state index in [1.165, 1.54) is 0 Å². The number of aromatic nitrogens is 1. The number of carbonyl (C=O) groups excluding carboxylic acids is 2. The highest BCUT2D eigenvalue weighted by molar-refractivity contribution is 5.94. The minimum absolute atomic E-state index is 0.0127. The molecule has 10 heteroatoms. The van der Waals surface area contributed by atoms with Gasteiger partial charge in [-0.3, -0.25) is 14.6 Å². The van der Waals surface area contributed by atoms with Crippen LogP contribution in [0.3, 0.4) is 0 Å². The lowest BCUT2D eigenvalue weighted by Crippen LogP contribution is -2.57. The van der Waals surface area contributed by atoms with E-state index in [0.29, 0.717) is 18.8 Å². The zero-order valence-electron chi connectivity index (χ0n) is 31.0. The number of ether oxygens (including phenoxy) is 2. The highest BCUT2D eigenvalue weighted by atomic mass is 16.7. The summed E-state index contributed by atoms with van der Waals surface area (Å²) < 4.78 is 13.6. The molecule has 0 radical (unpaired) electrons. The molecule has 4 aromatic carbocycles. The van der Waals surface area contributed by atoms with E-state index >= 15 is 0 Å². The summed E-state index contributed by atoms with van der Waals surface area (Å²) in [5, 5.41) is 15.8. The molecule has 3 aliphatic rings. The van der Waals surface area contributed by atoms with Gasteiger partial charge in [0.1, 0.15) is 5.54 Å². The van der Waals surface area contributed by atoms with E-state index in [2.05, 4.69) is 80.9 Å². The summed E-state index contributed by atoms with van der Waals surface area (Å²) in [6.45, 7) is 5.39. The summed E-state index contributed by atoms with van der Waals surface area (Å²) in [5.41, 5.74) is 6.96. The SMILES string of the molecule is C[C@H]1[C@@H](CN2CCC3(CC2)C(=O)NCN3c2ccccc2)O[C@@H](c2ccc(-c3cccc(CNC(=O)c4cccnc4)c3)cc2)O[C@H]1c1ccc(CO)cc1. The fourth-order valence-electron chi connectivity index (χ4n) is 8.20. The van der Waals surface area contributed by atoms with Gasteiger partial charge in [-0.05, 0) is 71.0 Å². The molecular formula is C45H47N5O5. The van der Waals surface area contributed by atoms with Crippen molar-refractivity contribution in [3.8, 4) is 11.1 Å². The van der Waals surface area contributed by atoms with Crippen molar-refractivity contribution in [2.24, 2.45) is 5.92 Å². The van der Waals surface area contributed by atoms with Crippen LogP contribution in [0.25, 0.3) is 11.1 Å². The molecule has 2 amide bonds. The molecule has 282 valence electrons. The van der Waals surface area contributed by atoms with Gasteiger partial charge in [0.25, 0.3) is 5.91 Å². The molecule has 0 bridgehead atoms. The Kier molecular flexibility index (Phi) is 10.7. The molecule has 0 unspecified atom stereocenters. The number of carbonyl (C=O) groups is 2. The molecule has 3 saturated heterocycles. The normalized spacial score (nSPS) is 22.4. The molecule has 8 rings (SSSR count). The third-order valence-electron chi connectivity index (χ3n) is 11.5. The van der Waals surface area contributed by atoms with Gasteiger partial charge in [-0.15, -0.1) is 0 Å². The third kappa shape index (κ3) is 7.77. The quantitative estimate of drug-likeness (QED) is 0.151. The lowest BCUT2D eigenvalue weighted by Gasteiger charge is -2.46. The van der Waals surface area contributed by atoms with Crippen LogP contribution in [0.4, 0.5) is 5.69 Å². The standard InChI is InChI=1S/C45H47N5O5/c1-31-40(28-49-23-20-45(21-24-49)44(53)48-30-50(45)39-10-3-2-4-11-39)54-43(55-41(31)35-14-12-32(29-51)13-15-35)36-18-16-34(17-19-36)37-8-5-7-33(25-37)26-47-42(52)38-9-6-22-46-27-38/h2-19,22,25,27,31,40-41,43,51H,20-21,23-24,26,28-30H2,1H3,(H,47,52)(H,48,53)/t31-,40+,41+,43+/m0/s1. The van der Waals surface area contributed by atoms with Crippen molar-refractivity contribution in [1.29, 1.82) is 0 Å². The van der Waals surface area contributed by atoms with E-state index in [4.69, 9.17) is 9.47 Å². The maximum Gasteiger partial charge on any atom is 0.253 e. The summed E-state index contributed by atoms with van der Waals surface area (Å²) >= 11 is 0. The maximum atomic E-state index is 13.3. The predicted molar refractivity (Wildman–Crippen MR) is 211 cm³/mol. The van der Waals surface area contributed by atoms with Crippen molar-refractivity contribution in [3.63, 3.8) is 0 Å². The number of aliphatic hydroxyl groups excluding tert-OH is 1. The lowest BCUT2D eigenvalue weighted by molar-refractivity contribution is -0.276. The number of hydrogen-bond acceptors (Lipinski definition) is 8. The average molecular weight is 738 g/mol. The molecule has 3 fully saturated rings. The molecule has 3 aliphatic heterocycles. The van der Waals surface area contributed by atoms with Crippen LogP contribution in [0.2, 0.25) is 0 Å². The van der Waals surface area contributed by atoms with Crippen molar-refractivity contribution in [2.45, 2.75) is 57.0 Å². The first-order chi connectivity index (χ1) is 26.9. The lowest BCUT2D eigenvalue weighted by atomic mass is 9.84. The number of benzene rings is 4. The van der Waals surface area contributed by atoms with E-state index in [-0.39, 0.29) is 36.5 Å². The number of aliphatic hydroxyl groups is 1. The molecule has 5 aromatic rings. The first kappa shape index (κ1) is 36.6. The molecule has 55 heavy (non-hydrogen) atoms. The van der Waals surface area contributed by atoms with Crippen LogP contribution in [-0.4, -0.2) is 64.8 Å². The van der Waals surface area contributed by atoms with Gasteiger partial charge in [-0.25, -0.2) is 0 Å². The van der Waals surface area contributed by atoms with Crippen LogP contribution in [-0.2, 0) is 27.4 Å². The second kappa shape index (κ2) is 16.1. The predicted octanol–water partition coefficient (Wildman–Crippen LogP) is 6.39. The minimum Gasteiger partial charge on any atom is -0.392 e. The van der Waals surface area contributed by atoms with Crippen LogP contribution in [0.1, 0.15) is 64.8 Å². The largest absolute Gasteiger partial charge is 0.392 e. The van der Waals surface area contributed by atoms with E-state index in [1.807, 2.05) is 54.6 Å². The first-order valence-corrected chi connectivity index (χ1v) is 19.1. The van der Waals surface area contributed by atoms with Gasteiger partial charge < -0.3 is 35.0 Å². The number of hydrogen-bond donors (Lipinski definition) is 3. The van der Waals surface area contributed by atoms with Crippen molar-refractivity contribution in [1.82, 2.24) is 20.5 Å². The van der Waals surface area contributed by atoms with Gasteiger partial charge in [0, 0.05) is 55.7 Å². The average Bonchev–Trinajstić information content (AvgIpc) is 3.56. The number of amides is 2. The van der Waals surface area contributed by atoms with Gasteiger partial charge in [0.15, 0.2) is 6.29 Å². The van der Waals surface area contributed by atoms with E-state index in [0.717, 1.165) is 71.5 Å². The number of likely N-dealkylation sites (tertiary alicyclic amines) is 1. The second-order valence-electron chi connectivity index (χ2n) is 14.8. The summed E-state index contributed by atoms with van der Waals surface area (Å²) in [6.07, 6.45) is 3.74. The zero-order chi connectivity index (χ0) is 37.8. The van der Waals surface area contributed by atoms with Gasteiger partial charge in [0.2, 0.25) is 5.91 Å². The Balaban J connectivity index is 0.974. The van der Waals surface area contributed by atoms with Crippen molar-refractivity contribution < 1.29 is 24.2 Å². The van der Waals surface area contributed by atoms with E-state index in [1.54, 1.807) is 24.5 Å². The summed E-state index contributed by atoms with van der Waals surface area (Å²) in [7, 11) is 0. The highest BCUT2D eigenvalue weighted by Gasteiger charge is 2.51. The molecule has 0 saturated carbocycles. The number of pyridine rings is 1. The smallest absolute Gasteiger partial charge is 0.253 e. The third-order valence-corrected chi connectivity index (χ3v) is 11.5. The van der Waals surface area contributed by atoms with Crippen LogP contribution in [0.15, 0.2) is 128 Å². The summed E-state index contributed by atoms with van der Waals surface area (Å²) in [6, 6.07) is 38.2. The first-order valence-electron chi connectivity index (χ1n) is 19.1. The van der Waals surface area contributed by atoms with Crippen molar-refractivity contribution >= 4 is 17.5 Å². The molecule has 4 atom stereocenters. The number of nitrogens with zero attached hydrogens (tertiary/aromatic N) is 3. The number of anilines is 1.